The van der Waals surface area contributed by atoms with Gasteiger partial charge in [-0.15, -0.1) is 12.4 Å². The Morgan fingerprint density at radius 2 is 1.31 bits per heavy atom. The molecule has 0 saturated carbocycles. The summed E-state index contributed by atoms with van der Waals surface area (Å²) in [5.41, 5.74) is 0.718. The topological polar surface area (TPSA) is 218 Å². The number of ether oxygens (including phenoxy) is 2. The molecule has 1 N–H and O–H groups in total. The molecule has 0 amide bonds. The van der Waals surface area contributed by atoms with Gasteiger partial charge in [-0.25, -0.2) is 4.68 Å². The molecule has 0 radical (unpaired) electrons. The maximum atomic E-state index is 13.1. The van der Waals surface area contributed by atoms with Crippen LogP contribution in [0.15, 0.2) is 120 Å². The van der Waals surface area contributed by atoms with Gasteiger partial charge in [-0.05, 0) is 87.4 Å². The van der Waals surface area contributed by atoms with Crippen LogP contribution in [-0.2, 0) is 6.42 Å². The van der Waals surface area contributed by atoms with Crippen LogP contribution in [0.1, 0.15) is 57.7 Å². The summed E-state index contributed by atoms with van der Waals surface area (Å²) >= 11 is 6.02. The van der Waals surface area contributed by atoms with Crippen molar-refractivity contribution in [1.82, 2.24) is 14.7 Å². The van der Waals surface area contributed by atoms with Crippen LogP contribution in [0, 0.1) is 0 Å². The van der Waals surface area contributed by atoms with E-state index in [2.05, 4.69) is 11.9 Å². The predicted molar refractivity (Wildman–Crippen MR) is 229 cm³/mol. The molecular formula is C45H39Cl2N3Na2O12. The van der Waals surface area contributed by atoms with Crippen LogP contribution in [0.4, 0.5) is 0 Å². The van der Waals surface area contributed by atoms with Crippen molar-refractivity contribution < 1.29 is 102 Å². The second-order valence-electron chi connectivity index (χ2n) is 14.5. The number of nitrogens with zero attached hydrogens (tertiary/aromatic N) is 3. The predicted octanol–water partition coefficient (Wildman–Crippen LogP) is -1.83. The van der Waals surface area contributed by atoms with Gasteiger partial charge in [-0.2, -0.15) is 5.10 Å². The molecule has 64 heavy (non-hydrogen) atoms. The summed E-state index contributed by atoms with van der Waals surface area (Å²) in [4.78, 5) is 62.0. The third kappa shape index (κ3) is 12.4. The van der Waals surface area contributed by atoms with Crippen LogP contribution in [-0.4, -0.2) is 71.2 Å². The number of aromatic nitrogens is 2. The van der Waals surface area contributed by atoms with Gasteiger partial charge in [0.1, 0.15) is 64.7 Å². The second kappa shape index (κ2) is 23.6. The van der Waals surface area contributed by atoms with E-state index in [1.165, 1.54) is 36.4 Å². The molecular weight excluding hydrogens is 891 g/mol. The molecule has 4 aromatic carbocycles. The maximum Gasteiger partial charge on any atom is 1.00 e. The zero-order valence-electron chi connectivity index (χ0n) is 35.1. The fourth-order valence-corrected chi connectivity index (χ4v) is 7.26. The average molecular weight is 931 g/mol. The van der Waals surface area contributed by atoms with E-state index < -0.39 is 40.4 Å². The fourth-order valence-electron chi connectivity index (χ4n) is 7.13. The number of halogens is 2. The third-order valence-corrected chi connectivity index (χ3v) is 10.4. The molecule has 19 heteroatoms. The number of fused-ring (bicyclic) bond motifs is 3. The van der Waals surface area contributed by atoms with E-state index in [0.29, 0.717) is 6.42 Å². The summed E-state index contributed by atoms with van der Waals surface area (Å²) in [5, 5.41) is 39.4. The van der Waals surface area contributed by atoms with Gasteiger partial charge in [0.05, 0.1) is 17.1 Å². The molecule has 8 rings (SSSR count). The first-order chi connectivity index (χ1) is 29.4. The Morgan fingerprint density at radius 3 is 1.84 bits per heavy atom. The van der Waals surface area contributed by atoms with Crippen molar-refractivity contribution in [3.8, 4) is 11.5 Å². The van der Waals surface area contributed by atoms with Crippen molar-refractivity contribution in [2.75, 3.05) is 33.4 Å². The van der Waals surface area contributed by atoms with Gasteiger partial charge >= 0.3 is 59.1 Å². The molecule has 15 nitrogen and oxygen atoms in total. The van der Waals surface area contributed by atoms with E-state index in [-0.39, 0.29) is 130 Å². The van der Waals surface area contributed by atoms with Crippen molar-refractivity contribution in [2.24, 2.45) is 0 Å². The van der Waals surface area contributed by atoms with Gasteiger partial charge in [0.25, 0.3) is 5.56 Å². The minimum atomic E-state index is -1.64. The Kier molecular flexibility index (Phi) is 19.2. The van der Waals surface area contributed by atoms with Crippen LogP contribution in [0.3, 0.4) is 0 Å². The number of aromatic carboxylic acids is 2. The molecule has 322 valence electrons. The van der Waals surface area contributed by atoms with Crippen molar-refractivity contribution in [3.05, 3.63) is 156 Å². The molecule has 0 bridgehead atoms. The van der Waals surface area contributed by atoms with Gasteiger partial charge in [0.2, 0.25) is 0 Å². The SMILES string of the molecule is CN1CCCC(n2nc(Cc3ccc(Cl)cc3)c3ccccc3c2=O)CC1.Cl.O=C([O-])c1cc(=O)c2c(OCC(O)COc3cccc4oc(C(=O)[O-])cc(=O)c34)cccc2o1.[Na+].[Na+]. The third-order valence-electron chi connectivity index (χ3n) is 10.2. The Balaban J connectivity index is 0.000000274. The molecule has 4 heterocycles. The van der Waals surface area contributed by atoms with E-state index in [9.17, 15) is 39.3 Å². The Morgan fingerprint density at radius 1 is 0.781 bits per heavy atom. The molecule has 0 spiro atoms. The standard InChI is InChI=1S/C23H16O11.C22H24ClN3O.ClH.2Na/c24-11(9-31-14-3-1-5-16-20(14)12(25)7-18(33-16)22(27)28)10-32-15-4-2-6-17-21(15)13(26)8-19(34-17)23(29)30;1-25-13-4-5-18(12-14-25)26-22(27)20-7-3-2-6-19(20)21(24-26)15-16-8-10-17(23)11-9-16;;;/h1-8,11,24H,9-10H2,(H,27,28)(H,29,30);2-3,6-11,18H,4-5,12-15H2,1H3;1H;;/q;;;2*+1/p-2. The minimum Gasteiger partial charge on any atom is -0.542 e. The van der Waals surface area contributed by atoms with Crippen molar-refractivity contribution in [3.63, 3.8) is 0 Å². The van der Waals surface area contributed by atoms with Crippen molar-refractivity contribution in [1.29, 1.82) is 0 Å². The summed E-state index contributed by atoms with van der Waals surface area (Å²) in [6.07, 6.45) is 2.52. The number of carbonyl (C=O) groups excluding carboxylic acids is 2. The number of benzene rings is 4. The number of hydrogen-bond donors (Lipinski definition) is 1. The van der Waals surface area contributed by atoms with Gasteiger partial charge in [-0.3, -0.25) is 14.4 Å². The van der Waals surface area contributed by atoms with E-state index in [0.717, 1.165) is 71.5 Å². The first-order valence-corrected chi connectivity index (χ1v) is 19.7. The van der Waals surface area contributed by atoms with Gasteiger partial charge in [0.15, 0.2) is 22.4 Å². The molecule has 1 atom stereocenters. The molecule has 1 aliphatic rings. The van der Waals surface area contributed by atoms with Gasteiger partial charge < -0.3 is 48.1 Å². The Bertz CT molecular complexity index is 2830. The maximum absolute atomic E-state index is 13.1. The van der Waals surface area contributed by atoms with Crippen LogP contribution >= 0.6 is 24.0 Å². The zero-order chi connectivity index (χ0) is 43.2. The molecule has 3 aromatic heterocycles. The summed E-state index contributed by atoms with van der Waals surface area (Å²) in [7, 11) is 2.14. The number of aliphatic hydroxyl groups is 1. The number of likely N-dealkylation sites (tertiary alicyclic amines) is 1. The first-order valence-electron chi connectivity index (χ1n) is 19.3. The number of carboxylic acid groups (broad SMARTS) is 2. The van der Waals surface area contributed by atoms with E-state index in [1.54, 1.807) is 4.68 Å². The van der Waals surface area contributed by atoms with E-state index in [4.69, 9.17) is 35.0 Å². The van der Waals surface area contributed by atoms with Crippen LogP contribution in [0.5, 0.6) is 11.5 Å². The van der Waals surface area contributed by atoms with Gasteiger partial charge in [-0.1, -0.05) is 54.1 Å². The molecule has 7 aromatic rings. The normalized spacial score (nSPS) is 13.7. The molecule has 1 saturated heterocycles. The molecule has 1 fully saturated rings. The minimum absolute atomic E-state index is 0. The smallest absolute Gasteiger partial charge is 0.542 e. The van der Waals surface area contributed by atoms with Crippen molar-refractivity contribution in [2.45, 2.75) is 37.8 Å². The van der Waals surface area contributed by atoms with Crippen LogP contribution in [0.2, 0.25) is 5.02 Å². The fraction of sp³-hybridized carbons (Fsp3) is 0.244. The second-order valence-corrected chi connectivity index (χ2v) is 14.9. The number of rotatable bonds is 11. The van der Waals surface area contributed by atoms with Gasteiger partial charge in [0, 0.05) is 29.0 Å². The zero-order valence-corrected chi connectivity index (χ0v) is 40.7. The van der Waals surface area contributed by atoms with Crippen LogP contribution < -0.4 is 95.2 Å². The van der Waals surface area contributed by atoms with Crippen molar-refractivity contribution >= 4 is 68.7 Å². The summed E-state index contributed by atoms with van der Waals surface area (Å²) in [6.45, 7) is 1.43. The number of hydrogen-bond acceptors (Lipinski definition) is 14. The summed E-state index contributed by atoms with van der Waals surface area (Å²) < 4.78 is 23.0. The first kappa shape index (κ1) is 52.1. The number of carbonyl (C=O) groups is 2. The van der Waals surface area contributed by atoms with E-state index in [1.807, 2.05) is 48.5 Å². The average Bonchev–Trinajstić information content (AvgIpc) is 3.47. The van der Waals surface area contributed by atoms with Crippen LogP contribution in [0.25, 0.3) is 32.7 Å². The van der Waals surface area contributed by atoms with E-state index >= 15 is 0 Å². The number of carboxylic acids is 2. The molecule has 1 aliphatic heterocycles. The quantitative estimate of drug-likeness (QED) is 0.141. The number of aliphatic hydroxyl groups excluding tert-OH is 1. The Labute approximate surface area is 420 Å². The molecule has 1 unspecified atom stereocenters. The monoisotopic (exact) mass is 929 g/mol. The Hall–Kier alpha value is -4.52. The molecule has 0 aliphatic carbocycles. The largest absolute Gasteiger partial charge is 1.00 e. The summed E-state index contributed by atoms with van der Waals surface area (Å²) in [5.74, 6) is -4.44. The summed E-state index contributed by atoms with van der Waals surface area (Å²) in [6, 6.07) is 26.0.